The Kier molecular flexibility index (Phi) is 7.14. The van der Waals surface area contributed by atoms with Gasteiger partial charge in [-0.25, -0.2) is 8.78 Å². The number of benzene rings is 1. The predicted octanol–water partition coefficient (Wildman–Crippen LogP) is 7.57. The molecule has 0 spiro atoms. The first kappa shape index (κ1) is 19.9. The number of rotatable bonds is 5. The molecule has 0 saturated heterocycles. The highest BCUT2D eigenvalue weighted by molar-refractivity contribution is 6.25. The highest BCUT2D eigenvalue weighted by Gasteiger charge is 2.30. The van der Waals surface area contributed by atoms with Crippen LogP contribution < -0.4 is 0 Å². The maximum Gasteiger partial charge on any atom is 0.162 e. The molecule has 0 N–H and O–H groups in total. The summed E-state index contributed by atoms with van der Waals surface area (Å²) in [6, 6.07) is 3.45. The molecule has 1 aromatic carbocycles. The van der Waals surface area contributed by atoms with Crippen molar-refractivity contribution in [2.75, 3.05) is 0 Å². The number of allylic oxidation sites excluding steroid dienone is 1. The van der Waals surface area contributed by atoms with E-state index in [1.165, 1.54) is 51.4 Å². The Labute approximate surface area is 162 Å². The molecule has 144 valence electrons. The normalized spacial score (nSPS) is 30.0. The van der Waals surface area contributed by atoms with Gasteiger partial charge in [0.1, 0.15) is 0 Å². The van der Waals surface area contributed by atoms with Gasteiger partial charge in [-0.05, 0) is 93.1 Å². The topological polar surface area (TPSA) is 0 Å². The van der Waals surface area contributed by atoms with Crippen LogP contribution >= 0.6 is 11.6 Å². The fourth-order valence-electron chi connectivity index (χ4n) is 5.10. The Hall–Kier alpha value is -0.890. The molecule has 0 bridgehead atoms. The molecule has 0 radical (unpaired) electrons. The van der Waals surface area contributed by atoms with E-state index in [1.807, 2.05) is 0 Å². The van der Waals surface area contributed by atoms with E-state index < -0.39 is 11.6 Å². The molecule has 2 saturated carbocycles. The average Bonchev–Trinajstić information content (AvgIpc) is 2.67. The maximum absolute atomic E-state index is 14.0. The van der Waals surface area contributed by atoms with Gasteiger partial charge in [0.25, 0.3) is 0 Å². The predicted molar refractivity (Wildman–Crippen MR) is 105 cm³/mol. The van der Waals surface area contributed by atoms with Crippen LogP contribution in [0.15, 0.2) is 23.7 Å². The largest absolute Gasteiger partial charge is 0.203 e. The van der Waals surface area contributed by atoms with Crippen LogP contribution in [0.3, 0.4) is 0 Å². The van der Waals surface area contributed by atoms with Crippen LogP contribution in [-0.4, -0.2) is 0 Å². The minimum atomic E-state index is -0.675. The van der Waals surface area contributed by atoms with E-state index in [0.29, 0.717) is 29.4 Å². The van der Waals surface area contributed by atoms with Crippen molar-refractivity contribution in [2.24, 2.45) is 23.7 Å². The summed E-state index contributed by atoms with van der Waals surface area (Å²) in [5.41, 5.74) is 2.61. The molecule has 3 heteroatoms. The summed E-state index contributed by atoms with van der Waals surface area (Å²) in [6.45, 7) is 1.61. The molecule has 0 aliphatic heterocycles. The van der Waals surface area contributed by atoms with Crippen molar-refractivity contribution >= 4 is 11.6 Å². The van der Waals surface area contributed by atoms with E-state index in [0.717, 1.165) is 18.3 Å². The van der Waals surface area contributed by atoms with Crippen LogP contribution in [0.4, 0.5) is 8.78 Å². The van der Waals surface area contributed by atoms with Crippen LogP contribution in [-0.2, 0) is 6.42 Å². The van der Waals surface area contributed by atoms with Gasteiger partial charge in [-0.1, -0.05) is 42.7 Å². The van der Waals surface area contributed by atoms with Gasteiger partial charge in [-0.2, -0.15) is 0 Å². The Balaban J connectivity index is 1.42. The Morgan fingerprint density at radius 2 is 1.54 bits per heavy atom. The molecule has 26 heavy (non-hydrogen) atoms. The lowest BCUT2D eigenvalue weighted by atomic mass is 9.68. The van der Waals surface area contributed by atoms with Crippen molar-refractivity contribution in [2.45, 2.75) is 71.1 Å². The number of halogens is 3. The third-order valence-corrected chi connectivity index (χ3v) is 7.04. The van der Waals surface area contributed by atoms with Gasteiger partial charge in [-0.3, -0.25) is 0 Å². The van der Waals surface area contributed by atoms with Gasteiger partial charge >= 0.3 is 0 Å². The first-order chi connectivity index (χ1) is 12.6. The van der Waals surface area contributed by atoms with Crippen molar-refractivity contribution < 1.29 is 8.78 Å². The van der Waals surface area contributed by atoms with Crippen LogP contribution in [0.1, 0.15) is 68.9 Å². The molecule has 2 fully saturated rings. The van der Waals surface area contributed by atoms with E-state index in [-0.39, 0.29) is 0 Å². The van der Waals surface area contributed by atoms with Crippen LogP contribution in [0, 0.1) is 42.2 Å². The molecular weight excluding hydrogens is 350 g/mol. The van der Waals surface area contributed by atoms with Crippen LogP contribution in [0.5, 0.6) is 0 Å². The summed E-state index contributed by atoms with van der Waals surface area (Å²) in [5, 5.41) is 0. The second-order valence-corrected chi connectivity index (χ2v) is 8.73. The number of hydrogen-bond acceptors (Lipinski definition) is 0. The zero-order chi connectivity index (χ0) is 18.5. The van der Waals surface area contributed by atoms with Crippen molar-refractivity contribution in [1.82, 2.24) is 0 Å². The van der Waals surface area contributed by atoms with Crippen LogP contribution in [0.2, 0.25) is 0 Å². The highest BCUT2D eigenvalue weighted by Crippen LogP contribution is 2.42. The van der Waals surface area contributed by atoms with Crippen molar-refractivity contribution in [3.05, 3.63) is 46.5 Å². The molecule has 0 nitrogen and oxygen atoms in total. The molecule has 2 aliphatic rings. The van der Waals surface area contributed by atoms with E-state index in [2.05, 4.69) is 6.08 Å². The summed E-state index contributed by atoms with van der Waals surface area (Å²) < 4.78 is 27.7. The standard InChI is InChI=1S/C23H31ClF2/c1-16-2-8-21(23(26)22(16)25)13-7-17-3-9-19(10-4-17)20-11-5-18(6-12-20)14-15-24/h2,8,14-15,17-20H,3-7,9-13H2,1H3/b15-14+. The lowest BCUT2D eigenvalue weighted by Gasteiger charge is -2.37. The molecule has 0 amide bonds. The Morgan fingerprint density at radius 3 is 2.15 bits per heavy atom. The first-order valence-electron chi connectivity index (χ1n) is 10.3. The molecule has 3 rings (SSSR count). The quantitative estimate of drug-likeness (QED) is 0.494. The van der Waals surface area contributed by atoms with E-state index in [4.69, 9.17) is 11.6 Å². The second kappa shape index (κ2) is 9.35. The summed E-state index contributed by atoms with van der Waals surface area (Å²) in [4.78, 5) is 0. The third kappa shape index (κ3) is 4.88. The second-order valence-electron chi connectivity index (χ2n) is 8.48. The zero-order valence-electron chi connectivity index (χ0n) is 15.8. The minimum absolute atomic E-state index is 0.392. The molecule has 0 heterocycles. The van der Waals surface area contributed by atoms with E-state index in [9.17, 15) is 8.78 Å². The zero-order valence-corrected chi connectivity index (χ0v) is 16.6. The lowest BCUT2D eigenvalue weighted by molar-refractivity contribution is 0.152. The fourth-order valence-corrected chi connectivity index (χ4v) is 5.30. The molecule has 0 unspecified atom stereocenters. The molecule has 1 aromatic rings. The lowest BCUT2D eigenvalue weighted by Crippen LogP contribution is -2.25. The van der Waals surface area contributed by atoms with Crippen LogP contribution in [0.25, 0.3) is 0 Å². The summed E-state index contributed by atoms with van der Waals surface area (Å²) >= 11 is 5.71. The number of hydrogen-bond donors (Lipinski definition) is 0. The van der Waals surface area contributed by atoms with E-state index >= 15 is 0 Å². The van der Waals surface area contributed by atoms with Crippen molar-refractivity contribution in [3.63, 3.8) is 0 Å². The third-order valence-electron chi connectivity index (χ3n) is 6.90. The Morgan fingerprint density at radius 1 is 0.923 bits per heavy atom. The summed E-state index contributed by atoms with van der Waals surface area (Å²) in [7, 11) is 0. The smallest absolute Gasteiger partial charge is 0.162 e. The summed E-state index contributed by atoms with van der Waals surface area (Å²) in [5.74, 6) is 1.81. The van der Waals surface area contributed by atoms with Gasteiger partial charge in [0.2, 0.25) is 0 Å². The molecule has 2 aliphatic carbocycles. The van der Waals surface area contributed by atoms with Crippen molar-refractivity contribution in [1.29, 1.82) is 0 Å². The Bertz CT molecular complexity index is 609. The average molecular weight is 381 g/mol. The summed E-state index contributed by atoms with van der Waals surface area (Å²) in [6.07, 6.45) is 14.2. The number of aryl methyl sites for hydroxylation is 2. The molecular formula is C23H31ClF2. The minimum Gasteiger partial charge on any atom is -0.203 e. The van der Waals surface area contributed by atoms with Crippen molar-refractivity contribution in [3.8, 4) is 0 Å². The van der Waals surface area contributed by atoms with E-state index in [1.54, 1.807) is 24.6 Å². The molecule has 0 aromatic heterocycles. The fraction of sp³-hybridized carbons (Fsp3) is 0.652. The van der Waals surface area contributed by atoms with Gasteiger partial charge < -0.3 is 0 Å². The maximum atomic E-state index is 14.0. The SMILES string of the molecule is Cc1ccc(CCC2CCC(C3CCC(/C=C/Cl)CC3)CC2)c(F)c1F. The van der Waals surface area contributed by atoms with Gasteiger partial charge in [0.15, 0.2) is 11.6 Å². The van der Waals surface area contributed by atoms with Gasteiger partial charge in [-0.15, -0.1) is 0 Å². The molecule has 0 atom stereocenters. The first-order valence-corrected chi connectivity index (χ1v) is 10.7. The van der Waals surface area contributed by atoms with Gasteiger partial charge in [0.05, 0.1) is 0 Å². The monoisotopic (exact) mass is 380 g/mol. The van der Waals surface area contributed by atoms with Gasteiger partial charge in [0, 0.05) is 5.54 Å². The highest BCUT2D eigenvalue weighted by atomic mass is 35.5.